The lowest BCUT2D eigenvalue weighted by Crippen LogP contribution is -1.95. The summed E-state index contributed by atoms with van der Waals surface area (Å²) in [5, 5.41) is 6.31. The first-order valence-corrected chi connectivity index (χ1v) is 7.40. The molecular weight excluding hydrogens is 343 g/mol. The molecule has 0 unspecified atom stereocenters. The molecule has 2 aromatic heterocycles. The molecule has 0 amide bonds. The smallest absolute Gasteiger partial charge is 0.153 e. The van der Waals surface area contributed by atoms with E-state index in [4.69, 9.17) is 0 Å². The minimum absolute atomic E-state index is 0.343. The Morgan fingerprint density at radius 3 is 2.85 bits per heavy atom. The molecule has 0 aliphatic rings. The maximum atomic E-state index is 13.3. The number of hydrogen-bond donors (Lipinski definition) is 0. The number of hydrogen-bond acceptors (Lipinski definition) is 3. The van der Waals surface area contributed by atoms with Crippen LogP contribution in [0.15, 0.2) is 46.4 Å². The van der Waals surface area contributed by atoms with E-state index in [9.17, 15) is 9.18 Å². The van der Waals surface area contributed by atoms with E-state index in [0.29, 0.717) is 16.9 Å². The van der Waals surface area contributed by atoms with Gasteiger partial charge < -0.3 is 0 Å². The van der Waals surface area contributed by atoms with Gasteiger partial charge in [0.2, 0.25) is 0 Å². The number of aldehydes is 1. The maximum Gasteiger partial charge on any atom is 0.153 e. The zero-order valence-electron chi connectivity index (χ0n) is 10.1. The Labute approximate surface area is 126 Å². The van der Waals surface area contributed by atoms with Crippen molar-refractivity contribution in [2.45, 2.75) is 0 Å². The van der Waals surface area contributed by atoms with Gasteiger partial charge in [-0.15, -0.1) is 11.3 Å². The first-order chi connectivity index (χ1) is 9.69. The molecule has 0 fully saturated rings. The number of halogens is 2. The van der Waals surface area contributed by atoms with Gasteiger partial charge in [-0.05, 0) is 45.6 Å². The molecule has 100 valence electrons. The average Bonchev–Trinajstić information content (AvgIpc) is 3.04. The quantitative estimate of drug-likeness (QED) is 0.659. The summed E-state index contributed by atoms with van der Waals surface area (Å²) in [5.41, 5.74) is 1.63. The van der Waals surface area contributed by atoms with Crippen molar-refractivity contribution < 1.29 is 9.18 Å². The first-order valence-electron chi connectivity index (χ1n) is 5.73. The van der Waals surface area contributed by atoms with Crippen molar-refractivity contribution in [3.63, 3.8) is 0 Å². The van der Waals surface area contributed by atoms with E-state index in [-0.39, 0.29) is 5.82 Å². The average molecular weight is 351 g/mol. The van der Waals surface area contributed by atoms with Crippen molar-refractivity contribution in [3.8, 4) is 16.3 Å². The second-order valence-electron chi connectivity index (χ2n) is 4.07. The minimum Gasteiger partial charge on any atom is -0.298 e. The number of benzene rings is 1. The van der Waals surface area contributed by atoms with Crippen LogP contribution in [0.25, 0.3) is 16.3 Å². The van der Waals surface area contributed by atoms with Crippen LogP contribution in [0.1, 0.15) is 10.4 Å². The number of nitrogens with zero attached hydrogens (tertiary/aromatic N) is 2. The standard InChI is InChI=1S/C14H8BrFN2OS/c15-12-4-5-20-14(12)13-9(8-19)7-18(17-13)11-3-1-2-10(16)6-11/h1-8H. The third-order valence-corrected chi connectivity index (χ3v) is 4.62. The van der Waals surface area contributed by atoms with E-state index in [1.165, 1.54) is 28.2 Å². The second-order valence-corrected chi connectivity index (χ2v) is 5.84. The van der Waals surface area contributed by atoms with Crippen LogP contribution >= 0.6 is 27.3 Å². The molecular formula is C14H8BrFN2OS. The predicted octanol–water partition coefficient (Wildman–Crippen LogP) is 4.31. The van der Waals surface area contributed by atoms with Gasteiger partial charge in [-0.1, -0.05) is 6.07 Å². The fraction of sp³-hybridized carbons (Fsp3) is 0. The van der Waals surface area contributed by atoms with Crippen molar-refractivity contribution >= 4 is 33.6 Å². The van der Waals surface area contributed by atoms with Gasteiger partial charge in [-0.2, -0.15) is 5.10 Å². The molecule has 3 aromatic rings. The molecule has 0 aliphatic heterocycles. The maximum absolute atomic E-state index is 13.3. The molecule has 0 spiro atoms. The van der Waals surface area contributed by atoms with E-state index in [1.807, 2.05) is 11.4 Å². The fourth-order valence-electron chi connectivity index (χ4n) is 1.86. The SMILES string of the molecule is O=Cc1cn(-c2cccc(F)c2)nc1-c1sccc1Br. The number of aromatic nitrogens is 2. The van der Waals surface area contributed by atoms with Crippen LogP contribution in [0, 0.1) is 5.82 Å². The molecule has 1 aromatic carbocycles. The lowest BCUT2D eigenvalue weighted by atomic mass is 10.2. The van der Waals surface area contributed by atoms with Crippen LogP contribution in [0.2, 0.25) is 0 Å². The van der Waals surface area contributed by atoms with Crippen molar-refractivity contribution in [1.82, 2.24) is 9.78 Å². The normalized spacial score (nSPS) is 10.7. The molecule has 0 atom stereocenters. The molecule has 3 nitrogen and oxygen atoms in total. The van der Waals surface area contributed by atoms with Gasteiger partial charge in [0, 0.05) is 10.7 Å². The van der Waals surface area contributed by atoms with E-state index < -0.39 is 0 Å². The molecule has 6 heteroatoms. The summed E-state index contributed by atoms with van der Waals surface area (Å²) in [4.78, 5) is 12.1. The van der Waals surface area contributed by atoms with Crippen LogP contribution in [0.3, 0.4) is 0 Å². The van der Waals surface area contributed by atoms with Crippen molar-refractivity contribution in [1.29, 1.82) is 0 Å². The monoisotopic (exact) mass is 350 g/mol. The largest absolute Gasteiger partial charge is 0.298 e. The Bertz CT molecular complexity index is 781. The summed E-state index contributed by atoms with van der Waals surface area (Å²) in [7, 11) is 0. The molecule has 0 aliphatic carbocycles. The fourth-order valence-corrected chi connectivity index (χ4v) is 3.43. The second kappa shape index (κ2) is 5.30. The highest BCUT2D eigenvalue weighted by Gasteiger charge is 2.15. The Morgan fingerprint density at radius 1 is 1.35 bits per heavy atom. The van der Waals surface area contributed by atoms with Gasteiger partial charge in [0.05, 0.1) is 16.1 Å². The number of thiophene rings is 1. The van der Waals surface area contributed by atoms with Gasteiger partial charge in [-0.25, -0.2) is 9.07 Å². The third kappa shape index (κ3) is 2.32. The Hall–Kier alpha value is -1.79. The Kier molecular flexibility index (Phi) is 3.50. The summed E-state index contributed by atoms with van der Waals surface area (Å²) in [5.74, 6) is -0.343. The summed E-state index contributed by atoms with van der Waals surface area (Å²) in [6.07, 6.45) is 2.35. The summed E-state index contributed by atoms with van der Waals surface area (Å²) < 4.78 is 15.7. The molecule has 20 heavy (non-hydrogen) atoms. The number of carbonyl (C=O) groups excluding carboxylic acids is 1. The van der Waals surface area contributed by atoms with Crippen LogP contribution in [0.5, 0.6) is 0 Å². The highest BCUT2D eigenvalue weighted by atomic mass is 79.9. The van der Waals surface area contributed by atoms with E-state index in [0.717, 1.165) is 15.6 Å². The van der Waals surface area contributed by atoms with Gasteiger partial charge in [-0.3, -0.25) is 4.79 Å². The zero-order chi connectivity index (χ0) is 14.1. The predicted molar refractivity (Wildman–Crippen MR) is 79.9 cm³/mol. The molecule has 0 saturated heterocycles. The van der Waals surface area contributed by atoms with Crippen molar-refractivity contribution in [2.75, 3.05) is 0 Å². The van der Waals surface area contributed by atoms with Crippen LogP contribution in [0.4, 0.5) is 4.39 Å². The van der Waals surface area contributed by atoms with Crippen LogP contribution < -0.4 is 0 Å². The Balaban J connectivity index is 2.14. The van der Waals surface area contributed by atoms with Crippen LogP contribution in [-0.2, 0) is 0 Å². The first kappa shape index (κ1) is 13.2. The van der Waals surface area contributed by atoms with E-state index in [2.05, 4.69) is 21.0 Å². The van der Waals surface area contributed by atoms with Crippen molar-refractivity contribution in [3.05, 3.63) is 57.8 Å². The van der Waals surface area contributed by atoms with Gasteiger partial charge in [0.1, 0.15) is 11.5 Å². The topological polar surface area (TPSA) is 34.9 Å². The van der Waals surface area contributed by atoms with E-state index in [1.54, 1.807) is 18.3 Å². The number of carbonyl (C=O) groups is 1. The highest BCUT2D eigenvalue weighted by Crippen LogP contribution is 2.34. The summed E-state index contributed by atoms with van der Waals surface area (Å²) in [6, 6.07) is 7.97. The lowest BCUT2D eigenvalue weighted by molar-refractivity contribution is 0.112. The van der Waals surface area contributed by atoms with Gasteiger partial charge >= 0.3 is 0 Å². The van der Waals surface area contributed by atoms with Crippen molar-refractivity contribution in [2.24, 2.45) is 0 Å². The minimum atomic E-state index is -0.343. The molecule has 0 saturated carbocycles. The molecule has 3 rings (SSSR count). The zero-order valence-corrected chi connectivity index (χ0v) is 12.5. The molecule has 0 radical (unpaired) electrons. The summed E-state index contributed by atoms with van der Waals surface area (Å²) >= 11 is 4.92. The van der Waals surface area contributed by atoms with Gasteiger partial charge in [0.15, 0.2) is 6.29 Å². The van der Waals surface area contributed by atoms with Gasteiger partial charge in [0.25, 0.3) is 0 Å². The lowest BCUT2D eigenvalue weighted by Gasteiger charge is -2.00. The van der Waals surface area contributed by atoms with E-state index >= 15 is 0 Å². The molecule has 2 heterocycles. The Morgan fingerprint density at radius 2 is 2.20 bits per heavy atom. The highest BCUT2D eigenvalue weighted by molar-refractivity contribution is 9.10. The molecule has 0 N–H and O–H groups in total. The third-order valence-electron chi connectivity index (χ3n) is 2.77. The number of rotatable bonds is 3. The summed E-state index contributed by atoms with van der Waals surface area (Å²) in [6.45, 7) is 0. The molecule has 0 bridgehead atoms. The van der Waals surface area contributed by atoms with Crippen LogP contribution in [-0.4, -0.2) is 16.1 Å².